The van der Waals surface area contributed by atoms with Crippen LogP contribution in [-0.4, -0.2) is 57.4 Å². The molecule has 2 amide bonds. The number of piperidine rings is 1. The molecule has 0 aromatic carbocycles. The Kier molecular flexibility index (Phi) is 5.58. The van der Waals surface area contributed by atoms with E-state index in [2.05, 4.69) is 5.32 Å². The molecule has 104 valence electrons. The second-order valence-corrected chi connectivity index (χ2v) is 6.16. The summed E-state index contributed by atoms with van der Waals surface area (Å²) < 4.78 is 10.9. The number of likely N-dealkylation sites (tertiary alicyclic amines) is 1. The predicted molar refractivity (Wildman–Crippen MR) is 68.9 cm³/mol. The zero-order valence-electron chi connectivity index (χ0n) is 10.7. The van der Waals surface area contributed by atoms with E-state index < -0.39 is 22.8 Å². The van der Waals surface area contributed by atoms with Crippen LogP contribution >= 0.6 is 0 Å². The van der Waals surface area contributed by atoms with Crippen molar-refractivity contribution in [2.24, 2.45) is 5.92 Å². The summed E-state index contributed by atoms with van der Waals surface area (Å²) in [5.41, 5.74) is 0. The van der Waals surface area contributed by atoms with Gasteiger partial charge < -0.3 is 15.3 Å². The summed E-state index contributed by atoms with van der Waals surface area (Å²) in [6, 6.07) is -1.13. The van der Waals surface area contributed by atoms with Crippen molar-refractivity contribution in [3.8, 4) is 0 Å². The molecule has 0 saturated carbocycles. The maximum absolute atomic E-state index is 11.9. The van der Waals surface area contributed by atoms with E-state index in [1.165, 1.54) is 4.90 Å². The minimum atomic E-state index is -0.962. The number of urea groups is 1. The number of carboxylic acids is 1. The van der Waals surface area contributed by atoms with Crippen molar-refractivity contribution >= 4 is 22.8 Å². The van der Waals surface area contributed by atoms with Crippen LogP contribution in [0.1, 0.15) is 19.8 Å². The molecule has 6 nitrogen and oxygen atoms in total. The van der Waals surface area contributed by atoms with Crippen molar-refractivity contribution < 1.29 is 18.9 Å². The Hall–Kier alpha value is -1.11. The van der Waals surface area contributed by atoms with Crippen molar-refractivity contribution in [3.63, 3.8) is 0 Å². The fourth-order valence-corrected chi connectivity index (χ4v) is 2.59. The Morgan fingerprint density at radius 1 is 1.50 bits per heavy atom. The Morgan fingerprint density at radius 2 is 2.17 bits per heavy atom. The maximum Gasteiger partial charge on any atom is 0.326 e. The number of carbonyl (C=O) groups excluding carboxylic acids is 1. The fraction of sp³-hybridized carbons (Fsp3) is 0.818. The molecule has 7 heteroatoms. The fourth-order valence-electron chi connectivity index (χ4n) is 2.20. The van der Waals surface area contributed by atoms with E-state index in [0.717, 1.165) is 12.8 Å². The highest BCUT2D eigenvalue weighted by molar-refractivity contribution is 7.84. The van der Waals surface area contributed by atoms with Crippen LogP contribution in [0.25, 0.3) is 0 Å². The van der Waals surface area contributed by atoms with Crippen LogP contribution in [0.2, 0.25) is 0 Å². The number of rotatable bonds is 4. The van der Waals surface area contributed by atoms with E-state index in [0.29, 0.717) is 18.8 Å². The van der Waals surface area contributed by atoms with Crippen molar-refractivity contribution in [1.29, 1.82) is 0 Å². The molecule has 1 aliphatic rings. The third-order valence-electron chi connectivity index (χ3n) is 3.11. The van der Waals surface area contributed by atoms with Gasteiger partial charge in [0.15, 0.2) is 0 Å². The van der Waals surface area contributed by atoms with Crippen molar-refractivity contribution in [3.05, 3.63) is 0 Å². The first-order valence-electron chi connectivity index (χ1n) is 6.00. The minimum Gasteiger partial charge on any atom is -0.480 e. The Balaban J connectivity index is 2.58. The SMILES string of the molecule is CC1CCCN(C(=O)NCCS(C)=O)C1C(=O)O. The van der Waals surface area contributed by atoms with Crippen LogP contribution in [0.15, 0.2) is 0 Å². The second kappa shape index (κ2) is 6.72. The molecule has 1 heterocycles. The van der Waals surface area contributed by atoms with Gasteiger partial charge in [0.05, 0.1) is 0 Å². The molecule has 0 spiro atoms. The zero-order chi connectivity index (χ0) is 13.7. The summed E-state index contributed by atoms with van der Waals surface area (Å²) >= 11 is 0. The number of amides is 2. The number of carbonyl (C=O) groups is 2. The van der Waals surface area contributed by atoms with Gasteiger partial charge in [0, 0.05) is 35.9 Å². The van der Waals surface area contributed by atoms with Gasteiger partial charge in [0.2, 0.25) is 0 Å². The van der Waals surface area contributed by atoms with Gasteiger partial charge in [-0.25, -0.2) is 9.59 Å². The topological polar surface area (TPSA) is 86.7 Å². The minimum absolute atomic E-state index is 0.0395. The lowest BCUT2D eigenvalue weighted by atomic mass is 9.91. The molecule has 3 atom stereocenters. The molecule has 0 radical (unpaired) electrons. The summed E-state index contributed by atoms with van der Waals surface area (Å²) in [5.74, 6) is -0.619. The summed E-state index contributed by atoms with van der Waals surface area (Å²) in [5, 5.41) is 11.8. The standard InChI is InChI=1S/C11H20N2O4S/c1-8-4-3-6-13(9(8)10(14)15)11(16)12-5-7-18(2)17/h8-9H,3-7H2,1-2H3,(H,12,16)(H,14,15). The van der Waals surface area contributed by atoms with Crippen LogP contribution in [0.3, 0.4) is 0 Å². The molecule has 1 saturated heterocycles. The monoisotopic (exact) mass is 276 g/mol. The summed E-state index contributed by atoms with van der Waals surface area (Å²) in [6.07, 6.45) is 3.20. The van der Waals surface area contributed by atoms with Gasteiger partial charge >= 0.3 is 12.0 Å². The van der Waals surface area contributed by atoms with Crippen molar-refractivity contribution in [2.45, 2.75) is 25.8 Å². The van der Waals surface area contributed by atoms with E-state index in [1.54, 1.807) is 6.26 Å². The van der Waals surface area contributed by atoms with Crippen LogP contribution in [-0.2, 0) is 15.6 Å². The van der Waals surface area contributed by atoms with Gasteiger partial charge in [0.1, 0.15) is 6.04 Å². The lowest BCUT2D eigenvalue weighted by Gasteiger charge is -2.37. The highest BCUT2D eigenvalue weighted by atomic mass is 32.2. The first-order valence-corrected chi connectivity index (χ1v) is 7.73. The lowest BCUT2D eigenvalue weighted by Crippen LogP contribution is -2.55. The number of aliphatic carboxylic acids is 1. The quantitative estimate of drug-likeness (QED) is 0.771. The first-order chi connectivity index (χ1) is 8.43. The molecule has 2 N–H and O–H groups in total. The average molecular weight is 276 g/mol. The molecule has 3 unspecified atom stereocenters. The molecule has 1 fully saturated rings. The van der Waals surface area contributed by atoms with Crippen molar-refractivity contribution in [2.75, 3.05) is 25.1 Å². The van der Waals surface area contributed by atoms with Crippen LogP contribution in [0.5, 0.6) is 0 Å². The molecule has 0 bridgehead atoms. The van der Waals surface area contributed by atoms with Gasteiger partial charge in [0.25, 0.3) is 0 Å². The average Bonchev–Trinajstić information content (AvgIpc) is 2.27. The van der Waals surface area contributed by atoms with E-state index in [1.807, 2.05) is 6.92 Å². The molecule has 0 aromatic heterocycles. The molecular formula is C11H20N2O4S. The zero-order valence-corrected chi connectivity index (χ0v) is 11.5. The summed E-state index contributed by atoms with van der Waals surface area (Å²) in [6.45, 7) is 2.61. The normalized spacial score (nSPS) is 25.6. The van der Waals surface area contributed by atoms with Gasteiger partial charge in [-0.15, -0.1) is 0 Å². The highest BCUT2D eigenvalue weighted by Crippen LogP contribution is 2.23. The Labute approximate surface area is 109 Å². The molecule has 1 rings (SSSR count). The van der Waals surface area contributed by atoms with Crippen molar-refractivity contribution in [1.82, 2.24) is 10.2 Å². The molecular weight excluding hydrogens is 256 g/mol. The van der Waals surface area contributed by atoms with Gasteiger partial charge in [-0.1, -0.05) is 6.92 Å². The Morgan fingerprint density at radius 3 is 2.72 bits per heavy atom. The maximum atomic E-state index is 11.9. The lowest BCUT2D eigenvalue weighted by molar-refractivity contribution is -0.145. The molecule has 0 aliphatic carbocycles. The summed E-state index contributed by atoms with van der Waals surface area (Å²) in [7, 11) is -0.961. The second-order valence-electron chi connectivity index (χ2n) is 4.61. The van der Waals surface area contributed by atoms with E-state index in [9.17, 15) is 18.9 Å². The van der Waals surface area contributed by atoms with Gasteiger partial charge in [-0.05, 0) is 18.8 Å². The van der Waals surface area contributed by atoms with Gasteiger partial charge in [-0.3, -0.25) is 4.21 Å². The van der Waals surface area contributed by atoms with E-state index >= 15 is 0 Å². The summed E-state index contributed by atoms with van der Waals surface area (Å²) in [4.78, 5) is 24.5. The van der Waals surface area contributed by atoms with E-state index in [-0.39, 0.29) is 11.9 Å². The Bertz CT molecular complexity index is 348. The van der Waals surface area contributed by atoms with Gasteiger partial charge in [-0.2, -0.15) is 0 Å². The predicted octanol–water partition coefficient (Wildman–Crippen LogP) is 0.260. The number of nitrogens with zero attached hydrogens (tertiary/aromatic N) is 1. The highest BCUT2D eigenvalue weighted by Gasteiger charge is 2.36. The number of carboxylic acid groups (broad SMARTS) is 1. The van der Waals surface area contributed by atoms with Crippen LogP contribution in [0, 0.1) is 5.92 Å². The van der Waals surface area contributed by atoms with E-state index in [4.69, 9.17) is 0 Å². The number of hydrogen-bond acceptors (Lipinski definition) is 3. The first kappa shape index (κ1) is 14.9. The van der Waals surface area contributed by atoms with Crippen LogP contribution < -0.4 is 5.32 Å². The van der Waals surface area contributed by atoms with Crippen LogP contribution in [0.4, 0.5) is 4.79 Å². The molecule has 0 aromatic rings. The molecule has 1 aliphatic heterocycles. The third-order valence-corrected chi connectivity index (χ3v) is 3.89. The smallest absolute Gasteiger partial charge is 0.326 e. The number of hydrogen-bond donors (Lipinski definition) is 2. The third kappa shape index (κ3) is 3.97. The molecule has 18 heavy (non-hydrogen) atoms. The number of nitrogens with one attached hydrogen (secondary N) is 1. The largest absolute Gasteiger partial charge is 0.480 e.